The van der Waals surface area contributed by atoms with Gasteiger partial charge in [0.1, 0.15) is 10.1 Å². The first-order valence-electron chi connectivity index (χ1n) is 3.74. The number of nitrogens with one attached hydrogen (secondary N) is 1. The quantitative estimate of drug-likeness (QED) is 0.728. The summed E-state index contributed by atoms with van der Waals surface area (Å²) < 4.78 is 32.2. The van der Waals surface area contributed by atoms with Gasteiger partial charge in [0.05, 0.1) is 10.6 Å². The van der Waals surface area contributed by atoms with Gasteiger partial charge in [0.2, 0.25) is 5.91 Å². The Morgan fingerprint density at radius 3 is 2.43 bits per heavy atom. The van der Waals surface area contributed by atoms with Gasteiger partial charge in [0, 0.05) is 6.92 Å². The Bertz CT molecular complexity index is 452. The van der Waals surface area contributed by atoms with E-state index in [-0.39, 0.29) is 5.69 Å². The van der Waals surface area contributed by atoms with Crippen molar-refractivity contribution in [2.45, 2.75) is 11.8 Å². The first-order chi connectivity index (χ1) is 6.41. The summed E-state index contributed by atoms with van der Waals surface area (Å²) in [4.78, 5) is 10.3. The predicted molar refractivity (Wildman–Crippen MR) is 48.7 cm³/mol. The molecule has 0 atom stereocenters. The molecule has 0 unspecified atom stereocenters. The molecule has 0 spiro atoms. The van der Waals surface area contributed by atoms with Crippen LogP contribution in [0.5, 0.6) is 0 Å². The summed E-state index contributed by atoms with van der Waals surface area (Å²) in [6.45, 7) is 1.23. The van der Waals surface area contributed by atoms with Gasteiger partial charge in [-0.15, -0.1) is 0 Å². The van der Waals surface area contributed by atoms with Crippen LogP contribution in [0.2, 0.25) is 0 Å². The van der Waals surface area contributed by atoms with Crippen LogP contribution in [0.4, 0.5) is 5.69 Å². The normalized spacial score (nSPS) is 11.0. The van der Waals surface area contributed by atoms with Crippen molar-refractivity contribution in [3.8, 4) is 0 Å². The van der Waals surface area contributed by atoms with Crippen LogP contribution >= 0.6 is 0 Å². The molecule has 0 fully saturated rings. The van der Waals surface area contributed by atoms with E-state index in [0.29, 0.717) is 0 Å². The molecule has 0 aliphatic carbocycles. The first-order valence-corrected chi connectivity index (χ1v) is 5.14. The summed E-state index contributed by atoms with van der Waals surface area (Å²) in [5.74, 6) is -0.430. The van der Waals surface area contributed by atoms with E-state index in [4.69, 9.17) is 0 Å². The lowest BCUT2D eigenvalue weighted by Gasteiger charge is -2.12. The third-order valence-electron chi connectivity index (χ3n) is 1.47. The van der Waals surface area contributed by atoms with Gasteiger partial charge >= 0.3 is 0 Å². The van der Waals surface area contributed by atoms with E-state index in [1.54, 1.807) is 0 Å². The maximum Gasteiger partial charge on any atom is 0.221 e. The third kappa shape index (κ3) is 2.54. The number of anilines is 1. The highest BCUT2D eigenvalue weighted by molar-refractivity contribution is 7.86. The van der Waals surface area contributed by atoms with Gasteiger partial charge in [-0.25, -0.2) is 8.42 Å². The largest absolute Gasteiger partial charge is 0.744 e. The second kappa shape index (κ2) is 3.77. The SMILES string of the molecule is CC(=O)Nc1ccccc1S(=O)(=O)[O-]. The van der Waals surface area contributed by atoms with E-state index in [9.17, 15) is 17.8 Å². The van der Waals surface area contributed by atoms with Crippen molar-refractivity contribution in [1.29, 1.82) is 0 Å². The molecule has 1 rings (SSSR count). The van der Waals surface area contributed by atoms with Gasteiger partial charge in [-0.3, -0.25) is 4.79 Å². The van der Waals surface area contributed by atoms with Crippen LogP contribution < -0.4 is 5.32 Å². The zero-order valence-electron chi connectivity index (χ0n) is 7.35. The van der Waals surface area contributed by atoms with Gasteiger partial charge in [-0.05, 0) is 12.1 Å². The number of amides is 1. The van der Waals surface area contributed by atoms with Gasteiger partial charge in [0.15, 0.2) is 0 Å². The highest BCUT2D eigenvalue weighted by Crippen LogP contribution is 2.19. The predicted octanol–water partition coefficient (Wildman–Crippen LogP) is 0.549. The van der Waals surface area contributed by atoms with Gasteiger partial charge < -0.3 is 9.87 Å². The molecule has 1 amide bonds. The number of hydrogen-bond acceptors (Lipinski definition) is 4. The highest BCUT2D eigenvalue weighted by Gasteiger charge is 2.08. The average Bonchev–Trinajstić information content (AvgIpc) is 2.01. The minimum atomic E-state index is -4.54. The highest BCUT2D eigenvalue weighted by atomic mass is 32.2. The summed E-state index contributed by atoms with van der Waals surface area (Å²) in [5, 5.41) is 2.26. The first kappa shape index (κ1) is 10.7. The van der Waals surface area contributed by atoms with Gasteiger partial charge in [-0.1, -0.05) is 12.1 Å². The smallest absolute Gasteiger partial charge is 0.221 e. The standard InChI is InChI=1S/C8H9NO4S/c1-6(10)9-7-4-2-3-5-8(7)14(11,12)13/h2-5H,1H3,(H,9,10)(H,11,12,13)/p-1. The topological polar surface area (TPSA) is 86.3 Å². The van der Waals surface area contributed by atoms with Crippen molar-refractivity contribution in [1.82, 2.24) is 0 Å². The third-order valence-corrected chi connectivity index (χ3v) is 2.36. The summed E-state index contributed by atoms with van der Waals surface area (Å²) >= 11 is 0. The van der Waals surface area contributed by atoms with Crippen molar-refractivity contribution in [3.63, 3.8) is 0 Å². The molecule has 6 heteroatoms. The van der Waals surface area contributed by atoms with Crippen LogP contribution in [0, 0.1) is 0 Å². The minimum Gasteiger partial charge on any atom is -0.744 e. The number of carbonyl (C=O) groups excluding carboxylic acids is 1. The van der Waals surface area contributed by atoms with Crippen molar-refractivity contribution in [2.75, 3.05) is 5.32 Å². The maximum absolute atomic E-state index is 10.7. The molecule has 0 aromatic heterocycles. The molecule has 0 aliphatic heterocycles. The lowest BCUT2D eigenvalue weighted by molar-refractivity contribution is -0.114. The van der Waals surface area contributed by atoms with Crippen molar-refractivity contribution < 1.29 is 17.8 Å². The molecule has 1 N–H and O–H groups in total. The fourth-order valence-electron chi connectivity index (χ4n) is 0.978. The molecule has 1 aromatic rings. The molecule has 5 nitrogen and oxygen atoms in total. The fraction of sp³-hybridized carbons (Fsp3) is 0.125. The lowest BCUT2D eigenvalue weighted by Crippen LogP contribution is -2.10. The Labute approximate surface area is 81.5 Å². The van der Waals surface area contributed by atoms with Crippen LogP contribution in [-0.2, 0) is 14.9 Å². The van der Waals surface area contributed by atoms with E-state index >= 15 is 0 Å². The zero-order chi connectivity index (χ0) is 10.8. The maximum atomic E-state index is 10.7. The lowest BCUT2D eigenvalue weighted by atomic mass is 10.3. The second-order valence-corrected chi connectivity index (χ2v) is 3.98. The summed E-state index contributed by atoms with van der Waals surface area (Å²) in [7, 11) is -4.54. The Morgan fingerprint density at radius 2 is 1.93 bits per heavy atom. The minimum absolute atomic E-state index is 0.00926. The van der Waals surface area contributed by atoms with E-state index in [2.05, 4.69) is 5.32 Å². The number of hydrogen-bond donors (Lipinski definition) is 1. The number of carbonyl (C=O) groups is 1. The Kier molecular flexibility index (Phi) is 2.87. The molecule has 1 aromatic carbocycles. The van der Waals surface area contributed by atoms with E-state index in [1.165, 1.54) is 25.1 Å². The second-order valence-electron chi connectivity index (χ2n) is 2.63. The van der Waals surface area contributed by atoms with Gasteiger partial charge in [-0.2, -0.15) is 0 Å². The molecule has 0 saturated carbocycles. The van der Waals surface area contributed by atoms with Crippen LogP contribution in [0.25, 0.3) is 0 Å². The number of benzene rings is 1. The fourth-order valence-corrected chi connectivity index (χ4v) is 1.61. The summed E-state index contributed by atoms with van der Waals surface area (Å²) in [6.07, 6.45) is 0. The molecule has 0 saturated heterocycles. The molecular weight excluding hydrogens is 206 g/mol. The van der Waals surface area contributed by atoms with E-state index < -0.39 is 20.9 Å². The van der Waals surface area contributed by atoms with Crippen molar-refractivity contribution in [3.05, 3.63) is 24.3 Å². The molecule has 0 aliphatic rings. The van der Waals surface area contributed by atoms with Crippen LogP contribution in [-0.4, -0.2) is 18.9 Å². The Balaban J connectivity index is 3.23. The monoisotopic (exact) mass is 214 g/mol. The van der Waals surface area contributed by atoms with Crippen molar-refractivity contribution >= 4 is 21.7 Å². The zero-order valence-corrected chi connectivity index (χ0v) is 8.17. The van der Waals surface area contributed by atoms with E-state index in [1.807, 2.05) is 0 Å². The average molecular weight is 214 g/mol. The number of para-hydroxylation sites is 1. The molecule has 76 valence electrons. The summed E-state index contributed by atoms with van der Waals surface area (Å²) in [6, 6.07) is 5.44. The van der Waals surface area contributed by atoms with Crippen LogP contribution in [0.1, 0.15) is 6.92 Å². The Morgan fingerprint density at radius 1 is 1.36 bits per heavy atom. The number of rotatable bonds is 2. The molecular formula is C8H8NO4S-. The molecule has 14 heavy (non-hydrogen) atoms. The van der Waals surface area contributed by atoms with E-state index in [0.717, 1.165) is 6.07 Å². The van der Waals surface area contributed by atoms with Gasteiger partial charge in [0.25, 0.3) is 0 Å². The van der Waals surface area contributed by atoms with Crippen LogP contribution in [0.3, 0.4) is 0 Å². The summed E-state index contributed by atoms with van der Waals surface area (Å²) in [5.41, 5.74) is 0.00926. The molecule has 0 bridgehead atoms. The Hall–Kier alpha value is -1.40. The van der Waals surface area contributed by atoms with Crippen LogP contribution in [0.15, 0.2) is 29.2 Å². The molecule has 0 radical (unpaired) electrons. The molecule has 0 heterocycles. The van der Waals surface area contributed by atoms with Crippen molar-refractivity contribution in [2.24, 2.45) is 0 Å².